The van der Waals surface area contributed by atoms with Crippen molar-refractivity contribution >= 4 is 21.6 Å². The first-order chi connectivity index (χ1) is 17.9. The van der Waals surface area contributed by atoms with Gasteiger partial charge in [-0.15, -0.1) is 0 Å². The number of benzene rings is 4. The van der Waals surface area contributed by atoms with Gasteiger partial charge in [0.15, 0.2) is 6.10 Å². The van der Waals surface area contributed by atoms with Crippen LogP contribution >= 0.6 is 0 Å². The third-order valence-corrected chi connectivity index (χ3v) is 8.19. The number of aryl methyl sites for hydroxylation is 1. The Kier molecular flexibility index (Phi) is 6.97. The average Bonchev–Trinajstić information content (AvgIpc) is 2.92. The van der Waals surface area contributed by atoms with Crippen LogP contribution in [-0.4, -0.2) is 27.0 Å². The number of sulfonamides is 1. The smallest absolute Gasteiger partial charge is 0.263 e. The fourth-order valence-electron chi connectivity index (χ4n) is 4.60. The second-order valence-electron chi connectivity index (χ2n) is 9.06. The molecule has 2 atom stereocenters. The molecule has 1 aliphatic heterocycles. The molecule has 0 bridgehead atoms. The molecule has 37 heavy (non-hydrogen) atoms. The maximum atomic E-state index is 13.6. The summed E-state index contributed by atoms with van der Waals surface area (Å²) in [6, 6.07) is 33.1. The molecule has 7 heteroatoms. The number of para-hydroxylation sites is 2. The van der Waals surface area contributed by atoms with Gasteiger partial charge < -0.3 is 10.1 Å². The number of amides is 1. The van der Waals surface area contributed by atoms with Gasteiger partial charge in [-0.05, 0) is 41.3 Å². The van der Waals surface area contributed by atoms with Gasteiger partial charge in [-0.1, -0.05) is 97.1 Å². The minimum atomic E-state index is -3.78. The molecule has 6 nitrogen and oxygen atoms in total. The molecular formula is C30H28N2O4S. The maximum absolute atomic E-state index is 13.6. The molecule has 188 valence electrons. The molecular weight excluding hydrogens is 484 g/mol. The van der Waals surface area contributed by atoms with E-state index in [1.807, 2.05) is 79.7 Å². The lowest BCUT2D eigenvalue weighted by Gasteiger charge is -2.35. The SMILES string of the molecule is Cc1ccccc1[C@H](NC(=O)[C@@H]1CN(S(=O)(=O)Cc2ccccc2)c2ccccc2O1)c1ccccc1. The second-order valence-corrected chi connectivity index (χ2v) is 10.9. The third kappa shape index (κ3) is 5.37. The summed E-state index contributed by atoms with van der Waals surface area (Å²) in [5.41, 5.74) is 4.04. The number of rotatable bonds is 7. The summed E-state index contributed by atoms with van der Waals surface area (Å²) in [7, 11) is -3.78. The molecule has 0 saturated carbocycles. The Morgan fingerprint density at radius 2 is 1.51 bits per heavy atom. The standard InChI is InChI=1S/C30H28N2O4S/c1-22-12-8-9-17-25(22)29(24-15-6-3-7-16-24)31-30(33)28-20-32(26-18-10-11-19-27(26)36-28)37(34,35)21-23-13-4-2-5-14-23/h2-19,28-29H,20-21H2,1H3,(H,31,33)/t28-,29+/m0/s1. The lowest BCUT2D eigenvalue weighted by Crippen LogP contribution is -2.51. The van der Waals surface area contributed by atoms with Crippen molar-refractivity contribution in [2.24, 2.45) is 0 Å². The fraction of sp³-hybridized carbons (Fsp3) is 0.167. The Bertz CT molecular complexity index is 1490. The van der Waals surface area contributed by atoms with Crippen LogP contribution < -0.4 is 14.4 Å². The van der Waals surface area contributed by atoms with Crippen LogP contribution in [0.5, 0.6) is 5.75 Å². The zero-order valence-electron chi connectivity index (χ0n) is 20.4. The lowest BCUT2D eigenvalue weighted by atomic mass is 9.94. The van der Waals surface area contributed by atoms with Gasteiger partial charge in [-0.25, -0.2) is 8.42 Å². The van der Waals surface area contributed by atoms with Crippen LogP contribution in [0.3, 0.4) is 0 Å². The largest absolute Gasteiger partial charge is 0.476 e. The Morgan fingerprint density at radius 1 is 0.892 bits per heavy atom. The summed E-state index contributed by atoms with van der Waals surface area (Å²) < 4.78 is 34.4. The average molecular weight is 513 g/mol. The predicted molar refractivity (Wildman–Crippen MR) is 145 cm³/mol. The van der Waals surface area contributed by atoms with Crippen LogP contribution in [0.25, 0.3) is 0 Å². The third-order valence-electron chi connectivity index (χ3n) is 6.47. The van der Waals surface area contributed by atoms with Crippen LogP contribution in [0.1, 0.15) is 28.3 Å². The number of ether oxygens (including phenoxy) is 1. The van der Waals surface area contributed by atoms with Crippen LogP contribution in [0.4, 0.5) is 5.69 Å². The highest BCUT2D eigenvalue weighted by Gasteiger charge is 2.37. The van der Waals surface area contributed by atoms with Crippen LogP contribution in [0.2, 0.25) is 0 Å². The number of carbonyl (C=O) groups is 1. The van der Waals surface area contributed by atoms with Gasteiger partial charge >= 0.3 is 0 Å². The molecule has 0 fully saturated rings. The minimum absolute atomic E-state index is 0.118. The van der Waals surface area contributed by atoms with E-state index in [0.29, 0.717) is 17.0 Å². The monoisotopic (exact) mass is 512 g/mol. The molecule has 1 aliphatic rings. The Hall–Kier alpha value is -4.10. The van der Waals surface area contributed by atoms with E-state index < -0.39 is 22.2 Å². The molecule has 1 heterocycles. The zero-order valence-corrected chi connectivity index (χ0v) is 21.3. The summed E-state index contributed by atoms with van der Waals surface area (Å²) in [6.45, 7) is 1.88. The molecule has 0 aliphatic carbocycles. The number of nitrogens with one attached hydrogen (secondary N) is 1. The topological polar surface area (TPSA) is 75.7 Å². The first-order valence-electron chi connectivity index (χ1n) is 12.1. The maximum Gasteiger partial charge on any atom is 0.263 e. The molecule has 0 aromatic heterocycles. The molecule has 0 spiro atoms. The molecule has 4 aromatic rings. The number of carbonyl (C=O) groups excluding carboxylic acids is 1. The normalized spacial score (nSPS) is 15.8. The van der Waals surface area contributed by atoms with Gasteiger partial charge in [0.05, 0.1) is 24.0 Å². The predicted octanol–water partition coefficient (Wildman–Crippen LogP) is 5.00. The Labute approximate surface area is 217 Å². The number of anilines is 1. The van der Waals surface area contributed by atoms with Crippen molar-refractivity contribution in [1.82, 2.24) is 5.32 Å². The molecule has 5 rings (SSSR count). The number of fused-ring (bicyclic) bond motifs is 1. The van der Waals surface area contributed by atoms with E-state index in [2.05, 4.69) is 5.32 Å². The van der Waals surface area contributed by atoms with E-state index in [1.165, 1.54) is 4.31 Å². The van der Waals surface area contributed by atoms with Crippen LogP contribution in [-0.2, 0) is 20.6 Å². The van der Waals surface area contributed by atoms with Crippen LogP contribution in [0, 0.1) is 6.92 Å². The first-order valence-corrected chi connectivity index (χ1v) is 13.7. The summed E-state index contributed by atoms with van der Waals surface area (Å²) in [6.07, 6.45) is -1.02. The quantitative estimate of drug-likeness (QED) is 0.378. The molecule has 0 radical (unpaired) electrons. The van der Waals surface area contributed by atoms with Gasteiger partial charge in [0, 0.05) is 0 Å². The highest BCUT2D eigenvalue weighted by Crippen LogP contribution is 2.36. The van der Waals surface area contributed by atoms with Crippen molar-refractivity contribution in [1.29, 1.82) is 0 Å². The first kappa shape index (κ1) is 24.6. The van der Waals surface area contributed by atoms with Crippen molar-refractivity contribution < 1.29 is 17.9 Å². The fourth-order valence-corrected chi connectivity index (χ4v) is 6.18. The van der Waals surface area contributed by atoms with Gasteiger partial charge in [0.1, 0.15) is 5.75 Å². The molecule has 4 aromatic carbocycles. The summed E-state index contributed by atoms with van der Waals surface area (Å²) in [5.74, 6) is -0.198. The zero-order chi connectivity index (χ0) is 25.8. The van der Waals surface area contributed by atoms with Crippen molar-refractivity contribution in [2.45, 2.75) is 24.8 Å². The highest BCUT2D eigenvalue weighted by molar-refractivity contribution is 7.92. The van der Waals surface area contributed by atoms with E-state index in [-0.39, 0.29) is 18.2 Å². The lowest BCUT2D eigenvalue weighted by molar-refractivity contribution is -0.128. The van der Waals surface area contributed by atoms with Crippen molar-refractivity contribution in [3.63, 3.8) is 0 Å². The number of hydrogen-bond acceptors (Lipinski definition) is 4. The van der Waals surface area contributed by atoms with Gasteiger partial charge in [0.2, 0.25) is 10.0 Å². The van der Waals surface area contributed by atoms with Crippen molar-refractivity contribution in [3.05, 3.63) is 131 Å². The summed E-state index contributed by atoms with van der Waals surface area (Å²) in [4.78, 5) is 13.6. The van der Waals surface area contributed by atoms with Crippen LogP contribution in [0.15, 0.2) is 109 Å². The number of nitrogens with zero attached hydrogens (tertiary/aromatic N) is 1. The molecule has 0 saturated heterocycles. The molecule has 1 N–H and O–H groups in total. The van der Waals surface area contributed by atoms with E-state index in [0.717, 1.165) is 16.7 Å². The van der Waals surface area contributed by atoms with Gasteiger partial charge in [0.25, 0.3) is 5.91 Å². The van der Waals surface area contributed by atoms with Crippen molar-refractivity contribution in [2.75, 3.05) is 10.8 Å². The van der Waals surface area contributed by atoms with E-state index in [4.69, 9.17) is 4.74 Å². The van der Waals surface area contributed by atoms with E-state index in [9.17, 15) is 13.2 Å². The highest BCUT2D eigenvalue weighted by atomic mass is 32.2. The van der Waals surface area contributed by atoms with E-state index >= 15 is 0 Å². The summed E-state index contributed by atoms with van der Waals surface area (Å²) in [5, 5.41) is 3.13. The minimum Gasteiger partial charge on any atom is -0.476 e. The molecule has 0 unspecified atom stereocenters. The second kappa shape index (κ2) is 10.5. The molecule has 1 amide bonds. The van der Waals surface area contributed by atoms with Crippen molar-refractivity contribution in [3.8, 4) is 5.75 Å². The summed E-state index contributed by atoms with van der Waals surface area (Å²) >= 11 is 0. The Balaban J connectivity index is 1.45. The van der Waals surface area contributed by atoms with Gasteiger partial charge in [-0.3, -0.25) is 9.10 Å². The van der Waals surface area contributed by atoms with Gasteiger partial charge in [-0.2, -0.15) is 0 Å². The van der Waals surface area contributed by atoms with E-state index in [1.54, 1.807) is 36.4 Å². The number of hydrogen-bond donors (Lipinski definition) is 1. The Morgan fingerprint density at radius 3 is 2.24 bits per heavy atom.